The molecule has 0 heterocycles. The first-order valence-electron chi connectivity index (χ1n) is 5.97. The zero-order valence-corrected chi connectivity index (χ0v) is 10.6. The molecule has 2 nitrogen and oxygen atoms in total. The van der Waals surface area contributed by atoms with Crippen molar-refractivity contribution < 1.29 is 4.74 Å². The SMILES string of the molecule is CC(C)c1ccccc1Oc1ccc(C#N)cc1. The Labute approximate surface area is 107 Å². The van der Waals surface area contributed by atoms with Crippen molar-refractivity contribution >= 4 is 0 Å². The van der Waals surface area contributed by atoms with E-state index in [-0.39, 0.29) is 0 Å². The second-order valence-electron chi connectivity index (χ2n) is 4.43. The van der Waals surface area contributed by atoms with E-state index in [0.717, 1.165) is 11.5 Å². The van der Waals surface area contributed by atoms with Gasteiger partial charge in [0, 0.05) is 0 Å². The summed E-state index contributed by atoms with van der Waals surface area (Å²) in [6, 6.07) is 17.3. The predicted molar refractivity (Wildman–Crippen MR) is 71.8 cm³/mol. The summed E-state index contributed by atoms with van der Waals surface area (Å²) in [7, 11) is 0. The minimum atomic E-state index is 0.416. The summed E-state index contributed by atoms with van der Waals surface area (Å²) in [5, 5.41) is 8.74. The number of hydrogen-bond donors (Lipinski definition) is 0. The highest BCUT2D eigenvalue weighted by molar-refractivity contribution is 5.41. The van der Waals surface area contributed by atoms with Gasteiger partial charge in [0.15, 0.2) is 0 Å². The Morgan fingerprint density at radius 2 is 1.67 bits per heavy atom. The molecule has 0 amide bonds. The lowest BCUT2D eigenvalue weighted by molar-refractivity contribution is 0.473. The molecule has 90 valence electrons. The molecular weight excluding hydrogens is 222 g/mol. The lowest BCUT2D eigenvalue weighted by Gasteiger charge is -2.13. The highest BCUT2D eigenvalue weighted by Gasteiger charge is 2.07. The van der Waals surface area contributed by atoms with Crippen LogP contribution < -0.4 is 4.74 Å². The Morgan fingerprint density at radius 1 is 1.00 bits per heavy atom. The zero-order valence-electron chi connectivity index (χ0n) is 10.6. The van der Waals surface area contributed by atoms with Crippen molar-refractivity contribution in [3.05, 3.63) is 59.7 Å². The van der Waals surface area contributed by atoms with Crippen LogP contribution in [0, 0.1) is 11.3 Å². The topological polar surface area (TPSA) is 33.0 Å². The number of nitriles is 1. The van der Waals surface area contributed by atoms with E-state index in [0.29, 0.717) is 11.5 Å². The smallest absolute Gasteiger partial charge is 0.130 e. The van der Waals surface area contributed by atoms with E-state index in [1.54, 1.807) is 12.1 Å². The number of ether oxygens (including phenoxy) is 1. The minimum Gasteiger partial charge on any atom is -0.457 e. The van der Waals surface area contributed by atoms with E-state index in [9.17, 15) is 0 Å². The van der Waals surface area contributed by atoms with Gasteiger partial charge in [0.25, 0.3) is 0 Å². The zero-order chi connectivity index (χ0) is 13.0. The maximum absolute atomic E-state index is 8.74. The molecule has 0 fully saturated rings. The summed E-state index contributed by atoms with van der Waals surface area (Å²) in [6.45, 7) is 4.28. The molecule has 0 aliphatic rings. The van der Waals surface area contributed by atoms with Crippen molar-refractivity contribution in [3.63, 3.8) is 0 Å². The average Bonchev–Trinajstić information content (AvgIpc) is 2.40. The van der Waals surface area contributed by atoms with Crippen LogP contribution in [0.1, 0.15) is 30.9 Å². The number of nitrogens with zero attached hydrogens (tertiary/aromatic N) is 1. The lowest BCUT2D eigenvalue weighted by atomic mass is 10.0. The van der Waals surface area contributed by atoms with E-state index in [1.165, 1.54) is 5.56 Å². The van der Waals surface area contributed by atoms with Crippen LogP contribution in [0.15, 0.2) is 48.5 Å². The molecule has 0 spiro atoms. The highest BCUT2D eigenvalue weighted by atomic mass is 16.5. The van der Waals surface area contributed by atoms with Crippen molar-refractivity contribution in [1.29, 1.82) is 5.26 Å². The van der Waals surface area contributed by atoms with Gasteiger partial charge in [-0.25, -0.2) is 0 Å². The third kappa shape index (κ3) is 2.70. The fourth-order valence-electron chi connectivity index (χ4n) is 1.77. The maximum atomic E-state index is 8.74. The van der Waals surface area contributed by atoms with Crippen molar-refractivity contribution in [1.82, 2.24) is 0 Å². The fourth-order valence-corrected chi connectivity index (χ4v) is 1.77. The number of hydrogen-bond acceptors (Lipinski definition) is 2. The van der Waals surface area contributed by atoms with Gasteiger partial charge in [-0.05, 0) is 41.8 Å². The summed E-state index contributed by atoms with van der Waals surface area (Å²) < 4.78 is 5.86. The molecule has 0 aromatic heterocycles. The lowest BCUT2D eigenvalue weighted by Crippen LogP contribution is -1.93. The van der Waals surface area contributed by atoms with E-state index in [2.05, 4.69) is 26.0 Å². The Hall–Kier alpha value is -2.27. The first-order valence-corrected chi connectivity index (χ1v) is 5.97. The van der Waals surface area contributed by atoms with Crippen molar-refractivity contribution in [2.45, 2.75) is 19.8 Å². The molecule has 2 aromatic carbocycles. The molecule has 0 saturated heterocycles. The van der Waals surface area contributed by atoms with Crippen LogP contribution in [0.25, 0.3) is 0 Å². The van der Waals surface area contributed by atoms with Crippen LogP contribution in [-0.2, 0) is 0 Å². The molecular formula is C16H15NO. The highest BCUT2D eigenvalue weighted by Crippen LogP contribution is 2.30. The number of rotatable bonds is 3. The normalized spacial score (nSPS) is 10.1. The van der Waals surface area contributed by atoms with Crippen LogP contribution >= 0.6 is 0 Å². The summed E-state index contributed by atoms with van der Waals surface area (Å²) in [4.78, 5) is 0. The molecule has 0 bridgehead atoms. The van der Waals surface area contributed by atoms with E-state index < -0.39 is 0 Å². The molecule has 0 saturated carbocycles. The van der Waals surface area contributed by atoms with Gasteiger partial charge in [0.05, 0.1) is 11.6 Å². The van der Waals surface area contributed by atoms with E-state index >= 15 is 0 Å². The minimum absolute atomic E-state index is 0.416. The fraction of sp³-hybridized carbons (Fsp3) is 0.188. The van der Waals surface area contributed by atoms with E-state index in [4.69, 9.17) is 10.00 Å². The molecule has 2 heteroatoms. The van der Waals surface area contributed by atoms with Crippen LogP contribution in [0.3, 0.4) is 0 Å². The second-order valence-corrected chi connectivity index (χ2v) is 4.43. The first kappa shape index (κ1) is 12.2. The Morgan fingerprint density at radius 3 is 2.28 bits per heavy atom. The van der Waals surface area contributed by atoms with Gasteiger partial charge in [0.1, 0.15) is 11.5 Å². The molecule has 0 unspecified atom stereocenters. The second kappa shape index (κ2) is 5.37. The predicted octanol–water partition coefficient (Wildman–Crippen LogP) is 4.47. The van der Waals surface area contributed by atoms with Gasteiger partial charge in [-0.15, -0.1) is 0 Å². The van der Waals surface area contributed by atoms with Crippen LogP contribution in [0.4, 0.5) is 0 Å². The number of para-hydroxylation sites is 1. The van der Waals surface area contributed by atoms with E-state index in [1.807, 2.05) is 30.3 Å². The van der Waals surface area contributed by atoms with Gasteiger partial charge in [-0.2, -0.15) is 5.26 Å². The van der Waals surface area contributed by atoms with Crippen LogP contribution in [0.5, 0.6) is 11.5 Å². The quantitative estimate of drug-likeness (QED) is 0.788. The Bertz CT molecular complexity index is 564. The van der Waals surface area contributed by atoms with Gasteiger partial charge in [-0.3, -0.25) is 0 Å². The maximum Gasteiger partial charge on any atom is 0.130 e. The van der Waals surface area contributed by atoms with Crippen LogP contribution in [-0.4, -0.2) is 0 Å². The third-order valence-electron chi connectivity index (χ3n) is 2.75. The van der Waals surface area contributed by atoms with Gasteiger partial charge in [0.2, 0.25) is 0 Å². The summed E-state index contributed by atoms with van der Waals surface area (Å²) in [6.07, 6.45) is 0. The molecule has 0 aliphatic heterocycles. The summed E-state index contributed by atoms with van der Waals surface area (Å²) in [5.41, 5.74) is 1.82. The molecule has 0 atom stereocenters. The average molecular weight is 237 g/mol. The number of benzene rings is 2. The third-order valence-corrected chi connectivity index (χ3v) is 2.75. The standard InChI is InChI=1S/C16H15NO/c1-12(2)15-5-3-4-6-16(15)18-14-9-7-13(11-17)8-10-14/h3-10,12H,1-2H3. The van der Waals surface area contributed by atoms with Gasteiger partial charge in [-0.1, -0.05) is 32.0 Å². The Kier molecular flexibility index (Phi) is 3.64. The van der Waals surface area contributed by atoms with Crippen molar-refractivity contribution in [3.8, 4) is 17.6 Å². The molecule has 2 rings (SSSR count). The summed E-state index contributed by atoms with van der Waals surface area (Å²) >= 11 is 0. The molecule has 0 radical (unpaired) electrons. The first-order chi connectivity index (χ1) is 8.70. The Balaban J connectivity index is 2.26. The molecule has 0 aliphatic carbocycles. The molecule has 2 aromatic rings. The largest absolute Gasteiger partial charge is 0.457 e. The van der Waals surface area contributed by atoms with Crippen molar-refractivity contribution in [2.75, 3.05) is 0 Å². The van der Waals surface area contributed by atoms with Crippen molar-refractivity contribution in [2.24, 2.45) is 0 Å². The monoisotopic (exact) mass is 237 g/mol. The van der Waals surface area contributed by atoms with Gasteiger partial charge < -0.3 is 4.74 Å². The van der Waals surface area contributed by atoms with Gasteiger partial charge >= 0.3 is 0 Å². The summed E-state index contributed by atoms with van der Waals surface area (Å²) in [5.74, 6) is 2.04. The molecule has 0 N–H and O–H groups in total. The molecule has 18 heavy (non-hydrogen) atoms. The van der Waals surface area contributed by atoms with Crippen LogP contribution in [0.2, 0.25) is 0 Å².